The van der Waals surface area contributed by atoms with E-state index in [0.29, 0.717) is 17.2 Å². The number of rotatable bonds is 5. The van der Waals surface area contributed by atoms with E-state index in [2.05, 4.69) is 4.37 Å². The summed E-state index contributed by atoms with van der Waals surface area (Å²) in [7, 11) is 10.6. The highest BCUT2D eigenvalue weighted by Gasteiger charge is 2.18. The fourth-order valence-corrected chi connectivity index (χ4v) is 3.30. The van der Waals surface area contributed by atoms with Crippen molar-refractivity contribution in [2.45, 2.75) is 0 Å². The Balaban J connectivity index is 2.16. The minimum atomic E-state index is 0.622. The van der Waals surface area contributed by atoms with Gasteiger partial charge in [-0.1, -0.05) is 29.7 Å². The third kappa shape index (κ3) is 2.97. The topological polar surface area (TPSA) is 40.6 Å². The average Bonchev–Trinajstić information content (AvgIpc) is 3.10. The molecule has 3 aromatic rings. The van der Waals surface area contributed by atoms with Crippen molar-refractivity contribution in [1.82, 2.24) is 4.37 Å². The summed E-state index contributed by atoms with van der Waals surface area (Å²) in [6.45, 7) is 0. The van der Waals surface area contributed by atoms with E-state index >= 15 is 0 Å². The number of nitrogens with zero attached hydrogens (tertiary/aromatic N) is 1. The van der Waals surface area contributed by atoms with Gasteiger partial charge in [-0.3, -0.25) is 0 Å². The summed E-state index contributed by atoms with van der Waals surface area (Å²) >= 11 is 1.41. The van der Waals surface area contributed by atoms with Crippen LogP contribution in [0.1, 0.15) is 0 Å². The van der Waals surface area contributed by atoms with Crippen molar-refractivity contribution >= 4 is 24.8 Å². The molecule has 4 nitrogen and oxygen atoms in total. The Morgan fingerprint density at radius 1 is 0.833 bits per heavy atom. The van der Waals surface area contributed by atoms with Crippen LogP contribution in [0, 0.1) is 0 Å². The maximum absolute atomic E-state index is 5.78. The maximum Gasteiger partial charge on any atom is 0.164 e. The van der Waals surface area contributed by atoms with Gasteiger partial charge in [-0.2, -0.15) is 4.37 Å². The lowest BCUT2D eigenvalue weighted by Gasteiger charge is -2.14. The standard InChI is InChI=1S/C18H16BNO3S/c1-21-15-9-17(23-3)16(22-2)8-13(15)18-14(10-20-24-18)11-4-6-12(19)7-5-11/h4-10H,1-3H3. The van der Waals surface area contributed by atoms with Crippen molar-refractivity contribution in [2.75, 3.05) is 21.3 Å². The number of methoxy groups -OCH3 is 3. The molecule has 0 amide bonds. The molecule has 0 saturated carbocycles. The Morgan fingerprint density at radius 3 is 2.08 bits per heavy atom. The Bertz CT molecular complexity index is 846. The lowest BCUT2D eigenvalue weighted by Crippen LogP contribution is -1.99. The summed E-state index contributed by atoms with van der Waals surface area (Å²) in [5.74, 6) is 1.97. The van der Waals surface area contributed by atoms with E-state index in [-0.39, 0.29) is 0 Å². The summed E-state index contributed by atoms with van der Waals surface area (Å²) in [6.07, 6.45) is 1.85. The first-order valence-corrected chi connectivity index (χ1v) is 8.06. The normalized spacial score (nSPS) is 10.5. The minimum Gasteiger partial charge on any atom is -0.496 e. The number of ether oxygens (including phenoxy) is 3. The van der Waals surface area contributed by atoms with E-state index < -0.39 is 0 Å². The molecule has 120 valence electrons. The van der Waals surface area contributed by atoms with Gasteiger partial charge in [0, 0.05) is 23.4 Å². The van der Waals surface area contributed by atoms with Gasteiger partial charge < -0.3 is 14.2 Å². The van der Waals surface area contributed by atoms with Crippen LogP contribution in [0.25, 0.3) is 21.6 Å². The second-order valence-corrected chi connectivity index (χ2v) is 5.90. The summed E-state index contributed by atoms with van der Waals surface area (Å²) in [5.41, 5.74) is 3.70. The molecular weight excluding hydrogens is 321 g/mol. The second-order valence-electron chi connectivity index (χ2n) is 5.10. The third-order valence-corrected chi connectivity index (χ3v) is 4.58. The van der Waals surface area contributed by atoms with E-state index in [1.54, 1.807) is 21.3 Å². The first-order valence-electron chi connectivity index (χ1n) is 7.29. The Kier molecular flexibility index (Phi) is 4.76. The van der Waals surface area contributed by atoms with E-state index in [1.807, 2.05) is 42.6 Å². The predicted octanol–water partition coefficient (Wildman–Crippen LogP) is 3.30. The molecule has 0 aliphatic heterocycles. The molecule has 0 aliphatic carbocycles. The Hall–Kier alpha value is -2.47. The van der Waals surface area contributed by atoms with Gasteiger partial charge in [0.15, 0.2) is 11.5 Å². The van der Waals surface area contributed by atoms with Gasteiger partial charge in [0.25, 0.3) is 0 Å². The molecule has 0 bridgehead atoms. The Morgan fingerprint density at radius 2 is 1.46 bits per heavy atom. The van der Waals surface area contributed by atoms with Crippen molar-refractivity contribution < 1.29 is 14.2 Å². The highest BCUT2D eigenvalue weighted by atomic mass is 32.1. The van der Waals surface area contributed by atoms with Crippen molar-refractivity contribution in [3.63, 3.8) is 0 Å². The molecule has 0 aliphatic rings. The molecule has 0 N–H and O–H groups in total. The van der Waals surface area contributed by atoms with Gasteiger partial charge in [0.1, 0.15) is 13.6 Å². The van der Waals surface area contributed by atoms with E-state index in [1.165, 1.54) is 11.5 Å². The van der Waals surface area contributed by atoms with Crippen LogP contribution in [0.3, 0.4) is 0 Å². The fourth-order valence-electron chi connectivity index (χ4n) is 2.51. The fraction of sp³-hybridized carbons (Fsp3) is 0.167. The largest absolute Gasteiger partial charge is 0.496 e. The van der Waals surface area contributed by atoms with Crippen LogP contribution in [0.4, 0.5) is 0 Å². The molecular formula is C18H16BNO3S. The SMILES string of the molecule is [B]c1ccc(-c2cnsc2-c2cc(OC)c(OC)cc2OC)cc1. The quantitative estimate of drug-likeness (QED) is 0.670. The van der Waals surface area contributed by atoms with Gasteiger partial charge in [-0.05, 0) is 23.2 Å². The van der Waals surface area contributed by atoms with Gasteiger partial charge in [0.2, 0.25) is 0 Å². The second kappa shape index (κ2) is 6.97. The van der Waals surface area contributed by atoms with Crippen LogP contribution in [-0.4, -0.2) is 33.5 Å². The van der Waals surface area contributed by atoms with Gasteiger partial charge in [-0.15, -0.1) is 0 Å². The third-order valence-electron chi connectivity index (χ3n) is 3.74. The zero-order chi connectivity index (χ0) is 17.1. The van der Waals surface area contributed by atoms with Crippen molar-refractivity contribution in [3.8, 4) is 38.8 Å². The lowest BCUT2D eigenvalue weighted by molar-refractivity contribution is 0.349. The zero-order valence-corrected chi connectivity index (χ0v) is 14.5. The van der Waals surface area contributed by atoms with E-state index in [0.717, 1.165) is 27.0 Å². The molecule has 2 radical (unpaired) electrons. The van der Waals surface area contributed by atoms with Gasteiger partial charge in [0.05, 0.1) is 26.2 Å². The monoisotopic (exact) mass is 337 g/mol. The van der Waals surface area contributed by atoms with Gasteiger partial charge >= 0.3 is 0 Å². The molecule has 0 atom stereocenters. The van der Waals surface area contributed by atoms with Crippen LogP contribution in [0.15, 0.2) is 42.6 Å². The van der Waals surface area contributed by atoms with Crippen LogP contribution in [0.2, 0.25) is 0 Å². The van der Waals surface area contributed by atoms with E-state index in [4.69, 9.17) is 22.1 Å². The van der Waals surface area contributed by atoms with Crippen LogP contribution >= 0.6 is 11.5 Å². The molecule has 0 saturated heterocycles. The molecule has 2 aromatic carbocycles. The first-order chi connectivity index (χ1) is 11.7. The van der Waals surface area contributed by atoms with Crippen molar-refractivity contribution in [2.24, 2.45) is 0 Å². The molecule has 0 unspecified atom stereocenters. The number of hydrogen-bond donors (Lipinski definition) is 0. The molecule has 24 heavy (non-hydrogen) atoms. The first kappa shape index (κ1) is 16.4. The highest BCUT2D eigenvalue weighted by molar-refractivity contribution is 7.10. The average molecular weight is 337 g/mol. The van der Waals surface area contributed by atoms with Crippen LogP contribution in [-0.2, 0) is 0 Å². The van der Waals surface area contributed by atoms with Crippen molar-refractivity contribution in [3.05, 3.63) is 42.6 Å². The van der Waals surface area contributed by atoms with Crippen molar-refractivity contribution in [1.29, 1.82) is 0 Å². The number of benzene rings is 2. The smallest absolute Gasteiger partial charge is 0.164 e. The summed E-state index contributed by atoms with van der Waals surface area (Å²) < 4.78 is 20.7. The molecule has 6 heteroatoms. The molecule has 3 rings (SSSR count). The molecule has 0 spiro atoms. The van der Waals surface area contributed by atoms with Crippen LogP contribution in [0.5, 0.6) is 17.2 Å². The summed E-state index contributed by atoms with van der Waals surface area (Å²) in [6, 6.07) is 11.4. The maximum atomic E-state index is 5.78. The molecule has 1 heterocycles. The summed E-state index contributed by atoms with van der Waals surface area (Å²) in [4.78, 5) is 0.998. The van der Waals surface area contributed by atoms with Crippen LogP contribution < -0.4 is 19.7 Å². The Labute approximate surface area is 146 Å². The number of aromatic nitrogens is 1. The lowest BCUT2D eigenvalue weighted by atomic mass is 9.93. The predicted molar refractivity (Wildman–Crippen MR) is 98.0 cm³/mol. The molecule has 0 fully saturated rings. The summed E-state index contributed by atoms with van der Waals surface area (Å²) in [5, 5.41) is 0. The van der Waals surface area contributed by atoms with E-state index in [9.17, 15) is 0 Å². The highest BCUT2D eigenvalue weighted by Crippen LogP contribution is 2.44. The van der Waals surface area contributed by atoms with Gasteiger partial charge in [-0.25, -0.2) is 0 Å². The molecule has 1 aromatic heterocycles. The number of hydrogen-bond acceptors (Lipinski definition) is 5. The zero-order valence-electron chi connectivity index (χ0n) is 13.7. The minimum absolute atomic E-state index is 0.622.